The lowest BCUT2D eigenvalue weighted by atomic mass is 9.95. The van der Waals surface area contributed by atoms with Gasteiger partial charge in [0.15, 0.2) is 0 Å². The predicted molar refractivity (Wildman–Crippen MR) is 152 cm³/mol. The van der Waals surface area contributed by atoms with Crippen LogP contribution in [0.1, 0.15) is 40.0 Å². The second kappa shape index (κ2) is 11.5. The van der Waals surface area contributed by atoms with E-state index in [1.54, 1.807) is 18.2 Å². The summed E-state index contributed by atoms with van der Waals surface area (Å²) in [6.45, 7) is 4.27. The molecule has 2 N–H and O–H groups in total. The van der Waals surface area contributed by atoms with Gasteiger partial charge in [-0.15, -0.1) is 0 Å². The van der Waals surface area contributed by atoms with Gasteiger partial charge in [0.2, 0.25) is 11.8 Å². The molecule has 1 aliphatic carbocycles. The summed E-state index contributed by atoms with van der Waals surface area (Å²) in [5.41, 5.74) is 2.49. The molecule has 0 aromatic heterocycles. The van der Waals surface area contributed by atoms with Gasteiger partial charge in [-0.3, -0.25) is 34.3 Å². The van der Waals surface area contributed by atoms with Crippen molar-refractivity contribution in [2.75, 3.05) is 49.5 Å². The number of hydrogen-bond acceptors (Lipinski definition) is 7. The molecule has 4 aliphatic rings. The fourth-order valence-electron chi connectivity index (χ4n) is 6.08. The first-order chi connectivity index (χ1) is 20.3. The van der Waals surface area contributed by atoms with E-state index < -0.39 is 41.3 Å². The first-order valence-corrected chi connectivity index (χ1v) is 14.2. The zero-order valence-electron chi connectivity index (χ0n) is 22.9. The van der Waals surface area contributed by atoms with Crippen LogP contribution in [0.2, 0.25) is 0 Å². The van der Waals surface area contributed by atoms with Crippen molar-refractivity contribution in [1.29, 1.82) is 0 Å². The first kappa shape index (κ1) is 27.8. The van der Waals surface area contributed by atoms with Gasteiger partial charge in [-0.05, 0) is 48.6 Å². The van der Waals surface area contributed by atoms with E-state index in [-0.39, 0.29) is 24.0 Å². The van der Waals surface area contributed by atoms with E-state index in [0.717, 1.165) is 42.6 Å². The Balaban J connectivity index is 1.02. The molecule has 2 atom stereocenters. The number of nitrogens with one attached hydrogen (secondary N) is 2. The SMILES string of the molecule is O=C1CCC(N2C(=O)c3cccc(NCC4=CCC(CN5CCN(c6ccc(F)cc6F)CC5)C=C4)c3C2=O)C(=O)N1. The molecule has 2 fully saturated rings. The number of nitrogens with zero attached hydrogens (tertiary/aromatic N) is 3. The Morgan fingerprint density at radius 1 is 0.976 bits per heavy atom. The monoisotopic (exact) mass is 575 g/mol. The van der Waals surface area contributed by atoms with Gasteiger partial charge in [0.25, 0.3) is 11.8 Å². The molecule has 2 aromatic carbocycles. The molecule has 2 unspecified atom stereocenters. The maximum absolute atomic E-state index is 14.2. The van der Waals surface area contributed by atoms with Gasteiger partial charge in [0, 0.05) is 57.4 Å². The second-order valence-electron chi connectivity index (χ2n) is 11.0. The van der Waals surface area contributed by atoms with Crippen LogP contribution in [-0.4, -0.2) is 78.7 Å². The molecule has 9 nitrogen and oxygen atoms in total. The van der Waals surface area contributed by atoms with Crippen LogP contribution in [0.5, 0.6) is 0 Å². The largest absolute Gasteiger partial charge is 0.380 e. The van der Waals surface area contributed by atoms with Crippen molar-refractivity contribution in [2.24, 2.45) is 5.92 Å². The highest BCUT2D eigenvalue weighted by molar-refractivity contribution is 6.25. The molecule has 4 amide bonds. The van der Waals surface area contributed by atoms with Crippen LogP contribution < -0.4 is 15.5 Å². The Hall–Kier alpha value is -4.38. The zero-order valence-corrected chi connectivity index (χ0v) is 22.9. The quantitative estimate of drug-likeness (QED) is 0.490. The van der Waals surface area contributed by atoms with E-state index in [4.69, 9.17) is 0 Å². The molecule has 0 saturated carbocycles. The van der Waals surface area contributed by atoms with E-state index >= 15 is 0 Å². The number of fused-ring (bicyclic) bond motifs is 1. The highest BCUT2D eigenvalue weighted by atomic mass is 19.1. The number of rotatable bonds is 7. The lowest BCUT2D eigenvalue weighted by Gasteiger charge is -2.37. The van der Waals surface area contributed by atoms with Crippen molar-refractivity contribution in [1.82, 2.24) is 15.1 Å². The van der Waals surface area contributed by atoms with Gasteiger partial charge in [0.1, 0.15) is 17.7 Å². The number of anilines is 2. The van der Waals surface area contributed by atoms with Crippen LogP contribution >= 0.6 is 0 Å². The number of hydrogen-bond donors (Lipinski definition) is 2. The molecule has 2 saturated heterocycles. The number of imide groups is 2. The van der Waals surface area contributed by atoms with Crippen LogP contribution in [0.15, 0.2) is 60.2 Å². The fourth-order valence-corrected chi connectivity index (χ4v) is 6.08. The third-order valence-corrected chi connectivity index (χ3v) is 8.33. The maximum Gasteiger partial charge on any atom is 0.264 e. The van der Waals surface area contributed by atoms with Crippen molar-refractivity contribution in [3.63, 3.8) is 0 Å². The molecular weight excluding hydrogens is 544 g/mol. The molecule has 3 aliphatic heterocycles. The van der Waals surface area contributed by atoms with Crippen LogP contribution in [0.25, 0.3) is 0 Å². The summed E-state index contributed by atoms with van der Waals surface area (Å²) in [5.74, 6) is -2.88. The summed E-state index contributed by atoms with van der Waals surface area (Å²) in [6, 6.07) is 7.72. The highest BCUT2D eigenvalue weighted by Gasteiger charge is 2.45. The first-order valence-electron chi connectivity index (χ1n) is 14.2. The molecule has 0 spiro atoms. The Morgan fingerprint density at radius 3 is 2.50 bits per heavy atom. The van der Waals surface area contributed by atoms with Crippen molar-refractivity contribution in [2.45, 2.75) is 25.3 Å². The molecule has 218 valence electrons. The number of piperazine rings is 1. The Morgan fingerprint density at radius 2 is 1.79 bits per heavy atom. The van der Waals surface area contributed by atoms with E-state index in [0.29, 0.717) is 36.9 Å². The third-order valence-electron chi connectivity index (χ3n) is 8.33. The normalized spacial score (nSPS) is 22.8. The maximum atomic E-state index is 14.2. The van der Waals surface area contributed by atoms with Crippen molar-refractivity contribution in [3.8, 4) is 0 Å². The van der Waals surface area contributed by atoms with Crippen molar-refractivity contribution < 1.29 is 28.0 Å². The van der Waals surface area contributed by atoms with Crippen molar-refractivity contribution >= 4 is 35.0 Å². The second-order valence-corrected chi connectivity index (χ2v) is 11.0. The molecule has 3 heterocycles. The number of piperidine rings is 1. The average molecular weight is 576 g/mol. The lowest BCUT2D eigenvalue weighted by Crippen LogP contribution is -2.54. The topological polar surface area (TPSA) is 102 Å². The molecule has 42 heavy (non-hydrogen) atoms. The summed E-state index contributed by atoms with van der Waals surface area (Å²) in [7, 11) is 0. The molecular formula is C31H31F2N5O4. The standard InChI is InChI=1S/C31H31F2N5O4/c32-21-8-9-25(23(33)16-21)37-14-12-36(13-15-37)18-20-6-4-19(5-7-20)17-34-24-3-1-2-22-28(24)31(42)38(30(22)41)26-10-11-27(39)35-29(26)40/h1-6,8-9,16,20,26,34H,7,10-15,17-18H2,(H,35,39,40). The molecule has 6 rings (SSSR count). The summed E-state index contributed by atoms with van der Waals surface area (Å²) >= 11 is 0. The van der Waals surface area contributed by atoms with E-state index in [9.17, 15) is 28.0 Å². The van der Waals surface area contributed by atoms with Gasteiger partial charge in [-0.25, -0.2) is 8.78 Å². The molecule has 0 bridgehead atoms. The minimum Gasteiger partial charge on any atom is -0.380 e. The summed E-state index contributed by atoms with van der Waals surface area (Å²) in [4.78, 5) is 55.5. The Labute approximate surface area is 241 Å². The lowest BCUT2D eigenvalue weighted by molar-refractivity contribution is -0.136. The molecule has 0 radical (unpaired) electrons. The number of carbonyl (C=O) groups excluding carboxylic acids is 4. The number of benzene rings is 2. The average Bonchev–Trinajstić information content (AvgIpc) is 3.23. The third kappa shape index (κ3) is 5.44. The summed E-state index contributed by atoms with van der Waals surface area (Å²) < 4.78 is 27.4. The molecule has 2 aromatic rings. The number of halogens is 2. The highest BCUT2D eigenvalue weighted by Crippen LogP contribution is 2.33. The summed E-state index contributed by atoms with van der Waals surface area (Å²) in [5, 5.41) is 5.50. The fraction of sp³-hybridized carbons (Fsp3) is 0.355. The zero-order chi connectivity index (χ0) is 29.4. The number of allylic oxidation sites excluding steroid dienone is 1. The van der Waals surface area contributed by atoms with Crippen LogP contribution in [0, 0.1) is 17.6 Å². The molecule has 11 heteroatoms. The van der Waals surface area contributed by atoms with Crippen LogP contribution in [0.4, 0.5) is 20.2 Å². The van der Waals surface area contributed by atoms with E-state index in [1.165, 1.54) is 12.1 Å². The number of carbonyl (C=O) groups is 4. The van der Waals surface area contributed by atoms with E-state index in [2.05, 4.69) is 33.8 Å². The van der Waals surface area contributed by atoms with Crippen LogP contribution in [-0.2, 0) is 9.59 Å². The van der Waals surface area contributed by atoms with Crippen LogP contribution in [0.3, 0.4) is 0 Å². The summed E-state index contributed by atoms with van der Waals surface area (Å²) in [6.07, 6.45) is 7.44. The van der Waals surface area contributed by atoms with Gasteiger partial charge < -0.3 is 10.2 Å². The number of amides is 4. The Kier molecular flexibility index (Phi) is 7.59. The van der Waals surface area contributed by atoms with Gasteiger partial charge >= 0.3 is 0 Å². The smallest absolute Gasteiger partial charge is 0.264 e. The Bertz CT molecular complexity index is 1510. The van der Waals surface area contributed by atoms with E-state index in [1.807, 2.05) is 4.90 Å². The minimum atomic E-state index is -1.00. The van der Waals surface area contributed by atoms with Gasteiger partial charge in [0.05, 0.1) is 16.8 Å². The minimum absolute atomic E-state index is 0.0720. The van der Waals surface area contributed by atoms with Crippen molar-refractivity contribution in [3.05, 3.63) is 83.0 Å². The van der Waals surface area contributed by atoms with Gasteiger partial charge in [-0.2, -0.15) is 0 Å². The predicted octanol–water partition coefficient (Wildman–Crippen LogP) is 3.10. The van der Waals surface area contributed by atoms with Gasteiger partial charge in [-0.1, -0.05) is 24.3 Å².